The van der Waals surface area contributed by atoms with Gasteiger partial charge < -0.3 is 10.1 Å². The smallest absolute Gasteiger partial charge is 0.306 e. The third kappa shape index (κ3) is 5.95. The highest BCUT2D eigenvalue weighted by Crippen LogP contribution is 2.39. The first-order valence-electron chi connectivity index (χ1n) is 9.53. The molecule has 6 heteroatoms. The van der Waals surface area contributed by atoms with Crippen LogP contribution in [-0.2, 0) is 20.7 Å². The molecule has 1 saturated heterocycles. The molecule has 0 radical (unpaired) electrons. The van der Waals surface area contributed by atoms with Crippen LogP contribution in [-0.4, -0.2) is 29.5 Å². The van der Waals surface area contributed by atoms with E-state index >= 15 is 0 Å². The number of fused-ring (bicyclic) bond motifs is 1. The van der Waals surface area contributed by atoms with Crippen molar-refractivity contribution < 1.29 is 14.3 Å². The van der Waals surface area contributed by atoms with Crippen molar-refractivity contribution in [2.75, 3.05) is 12.4 Å². The summed E-state index contributed by atoms with van der Waals surface area (Å²) in [6.45, 7) is -0.174. The zero-order valence-corrected chi connectivity index (χ0v) is 16.7. The van der Waals surface area contributed by atoms with Gasteiger partial charge in [-0.1, -0.05) is 52.3 Å². The number of unbranched alkanes of at least 4 members (excludes halogenated alkanes) is 1. The van der Waals surface area contributed by atoms with Gasteiger partial charge in [0.05, 0.1) is 6.04 Å². The molecule has 2 atom stereocenters. The van der Waals surface area contributed by atoms with Gasteiger partial charge in [0.1, 0.15) is 0 Å². The molecule has 1 heterocycles. The number of aryl methyl sites for hydroxylation is 1. The number of carbonyl (C=O) groups excluding carboxylic acids is 2. The molecule has 1 fully saturated rings. The lowest BCUT2D eigenvalue weighted by atomic mass is 9.88. The van der Waals surface area contributed by atoms with E-state index in [9.17, 15) is 9.59 Å². The second kappa shape index (κ2) is 10.3. The van der Waals surface area contributed by atoms with E-state index in [4.69, 9.17) is 4.74 Å². The molecule has 4 nitrogen and oxygen atoms in total. The summed E-state index contributed by atoms with van der Waals surface area (Å²) in [5, 5.41) is 3.76. The number of ether oxygens (including phenoxy) is 1. The van der Waals surface area contributed by atoms with E-state index < -0.39 is 0 Å². The molecule has 0 unspecified atom stereocenters. The highest BCUT2D eigenvalue weighted by atomic mass is 33.1. The van der Waals surface area contributed by atoms with Gasteiger partial charge >= 0.3 is 5.97 Å². The van der Waals surface area contributed by atoms with Crippen molar-refractivity contribution in [2.45, 2.75) is 62.7 Å². The average Bonchev–Trinajstić information content (AvgIpc) is 3.17. The molecule has 1 aromatic rings. The number of esters is 1. The third-order valence-corrected chi connectivity index (χ3v) is 7.96. The summed E-state index contributed by atoms with van der Waals surface area (Å²) < 4.78 is 5.15. The van der Waals surface area contributed by atoms with Gasteiger partial charge in [-0.2, -0.15) is 0 Å². The summed E-state index contributed by atoms with van der Waals surface area (Å²) >= 11 is 0. The van der Waals surface area contributed by atoms with E-state index in [0.717, 1.165) is 37.4 Å². The largest absolute Gasteiger partial charge is 0.456 e. The molecule has 1 N–H and O–H groups in total. The highest BCUT2D eigenvalue weighted by molar-refractivity contribution is 8.77. The lowest BCUT2D eigenvalue weighted by Crippen LogP contribution is -2.34. The van der Waals surface area contributed by atoms with E-state index in [0.29, 0.717) is 6.42 Å². The molecule has 0 spiro atoms. The molecule has 3 rings (SSSR count). The SMILES string of the molecule is O=C(COC(=O)CCCC[C@@H]1CCSS1)N[C@H]1CCCc2ccccc21. The van der Waals surface area contributed by atoms with Crippen LogP contribution in [0.25, 0.3) is 0 Å². The molecular weight excluding hydrogens is 366 g/mol. The number of hydrogen-bond donors (Lipinski definition) is 1. The van der Waals surface area contributed by atoms with Crippen LogP contribution >= 0.6 is 21.6 Å². The van der Waals surface area contributed by atoms with Crippen LogP contribution in [0.3, 0.4) is 0 Å². The summed E-state index contributed by atoms with van der Waals surface area (Å²) in [5.74, 6) is 0.773. The van der Waals surface area contributed by atoms with Gasteiger partial charge in [0.25, 0.3) is 5.91 Å². The molecule has 0 aromatic heterocycles. The number of nitrogens with one attached hydrogen (secondary N) is 1. The topological polar surface area (TPSA) is 55.4 Å². The van der Waals surface area contributed by atoms with E-state index in [1.54, 1.807) is 0 Å². The van der Waals surface area contributed by atoms with Crippen molar-refractivity contribution in [1.82, 2.24) is 5.32 Å². The fraction of sp³-hybridized carbons (Fsp3) is 0.600. The molecule has 0 saturated carbocycles. The van der Waals surface area contributed by atoms with Gasteiger partial charge in [0.15, 0.2) is 6.61 Å². The maximum Gasteiger partial charge on any atom is 0.306 e. The van der Waals surface area contributed by atoms with E-state index in [-0.39, 0.29) is 24.5 Å². The lowest BCUT2D eigenvalue weighted by Gasteiger charge is -2.26. The Bertz CT molecular complexity index is 617. The van der Waals surface area contributed by atoms with E-state index in [1.165, 1.54) is 29.7 Å². The van der Waals surface area contributed by atoms with Crippen molar-refractivity contribution in [3.8, 4) is 0 Å². The highest BCUT2D eigenvalue weighted by Gasteiger charge is 2.22. The fourth-order valence-electron chi connectivity index (χ4n) is 3.56. The first-order chi connectivity index (χ1) is 12.7. The molecule has 1 aromatic carbocycles. The Morgan fingerprint density at radius 2 is 2.08 bits per heavy atom. The van der Waals surface area contributed by atoms with E-state index in [1.807, 2.05) is 33.7 Å². The Morgan fingerprint density at radius 3 is 2.92 bits per heavy atom. The van der Waals surface area contributed by atoms with Crippen LogP contribution in [0, 0.1) is 0 Å². The van der Waals surface area contributed by atoms with Crippen LogP contribution in [0.1, 0.15) is 62.1 Å². The number of amides is 1. The second-order valence-electron chi connectivity index (χ2n) is 6.95. The second-order valence-corrected chi connectivity index (χ2v) is 9.73. The standard InChI is InChI=1S/C20H27NO3S2/c22-19(21-18-10-5-7-15-6-1-3-9-17(15)18)14-24-20(23)11-4-2-8-16-12-13-25-26-16/h1,3,6,9,16,18H,2,4-5,7-8,10-14H2,(H,21,22)/t16-,18+/m1/s1. The molecule has 2 aliphatic rings. The van der Waals surface area contributed by atoms with Gasteiger partial charge in [-0.15, -0.1) is 0 Å². The lowest BCUT2D eigenvalue weighted by molar-refractivity contribution is -0.148. The van der Waals surface area contributed by atoms with Crippen molar-refractivity contribution in [1.29, 1.82) is 0 Å². The maximum atomic E-state index is 12.1. The summed E-state index contributed by atoms with van der Waals surface area (Å²) in [5.41, 5.74) is 2.50. The minimum Gasteiger partial charge on any atom is -0.456 e. The molecule has 1 amide bonds. The first kappa shape index (κ1) is 19.6. The van der Waals surface area contributed by atoms with Crippen molar-refractivity contribution >= 4 is 33.5 Å². The van der Waals surface area contributed by atoms with Crippen LogP contribution in [0.2, 0.25) is 0 Å². The predicted octanol–water partition coefficient (Wildman–Crippen LogP) is 4.44. The molecule has 26 heavy (non-hydrogen) atoms. The number of carbonyl (C=O) groups is 2. The first-order valence-corrected chi connectivity index (χ1v) is 11.9. The zero-order valence-electron chi connectivity index (χ0n) is 15.1. The summed E-state index contributed by atoms with van der Waals surface area (Å²) in [6.07, 6.45) is 7.83. The molecule has 1 aliphatic carbocycles. The van der Waals surface area contributed by atoms with Gasteiger partial charge in [0.2, 0.25) is 0 Å². The monoisotopic (exact) mass is 393 g/mol. The molecular formula is C20H27NO3S2. The van der Waals surface area contributed by atoms with Crippen LogP contribution < -0.4 is 5.32 Å². The van der Waals surface area contributed by atoms with Crippen LogP contribution in [0.5, 0.6) is 0 Å². The Hall–Kier alpha value is -1.14. The average molecular weight is 394 g/mol. The third-order valence-electron chi connectivity index (χ3n) is 4.95. The van der Waals surface area contributed by atoms with Crippen molar-refractivity contribution in [3.05, 3.63) is 35.4 Å². The normalized spacial score (nSPS) is 21.8. The van der Waals surface area contributed by atoms with Gasteiger partial charge in [-0.25, -0.2) is 0 Å². The fourth-order valence-corrected chi connectivity index (χ4v) is 6.59. The minimum atomic E-state index is -0.266. The van der Waals surface area contributed by atoms with Crippen molar-refractivity contribution in [3.63, 3.8) is 0 Å². The molecule has 142 valence electrons. The quantitative estimate of drug-likeness (QED) is 0.402. The molecule has 0 bridgehead atoms. The maximum absolute atomic E-state index is 12.1. The van der Waals surface area contributed by atoms with E-state index in [2.05, 4.69) is 17.4 Å². The van der Waals surface area contributed by atoms with Crippen LogP contribution in [0.4, 0.5) is 0 Å². The summed E-state index contributed by atoms with van der Waals surface area (Å²) in [4.78, 5) is 24.0. The van der Waals surface area contributed by atoms with Gasteiger partial charge in [0, 0.05) is 17.4 Å². The van der Waals surface area contributed by atoms with Gasteiger partial charge in [-0.3, -0.25) is 9.59 Å². The minimum absolute atomic E-state index is 0.0351. The summed E-state index contributed by atoms with van der Waals surface area (Å²) in [6, 6.07) is 8.28. The number of benzene rings is 1. The van der Waals surface area contributed by atoms with Gasteiger partial charge in [-0.05, 0) is 49.7 Å². The zero-order chi connectivity index (χ0) is 18.2. The predicted molar refractivity (Wildman–Crippen MR) is 108 cm³/mol. The van der Waals surface area contributed by atoms with Crippen LogP contribution in [0.15, 0.2) is 24.3 Å². The number of rotatable bonds is 8. The Balaban J connectivity index is 1.32. The van der Waals surface area contributed by atoms with Crippen molar-refractivity contribution in [2.24, 2.45) is 0 Å². The number of hydrogen-bond acceptors (Lipinski definition) is 5. The molecule has 1 aliphatic heterocycles. The summed E-state index contributed by atoms with van der Waals surface area (Å²) in [7, 11) is 3.92. The Labute approximate surface area is 163 Å². The Kier molecular flexibility index (Phi) is 7.74. The Morgan fingerprint density at radius 1 is 1.19 bits per heavy atom.